The molecule has 2 bridgehead atoms. The number of esters is 4. The lowest BCUT2D eigenvalue weighted by Crippen LogP contribution is -2.69. The van der Waals surface area contributed by atoms with Crippen LogP contribution >= 0.6 is 0 Å². The van der Waals surface area contributed by atoms with Gasteiger partial charge in [0, 0.05) is 31.6 Å². The van der Waals surface area contributed by atoms with E-state index in [1.54, 1.807) is 19.1 Å². The van der Waals surface area contributed by atoms with Gasteiger partial charge in [-0.3, -0.25) is 24.0 Å². The first kappa shape index (κ1) is 25.1. The summed E-state index contributed by atoms with van der Waals surface area (Å²) in [6.07, 6.45) is 0.248. The molecule has 3 fully saturated rings. The van der Waals surface area contributed by atoms with E-state index in [1.807, 2.05) is 13.8 Å². The summed E-state index contributed by atoms with van der Waals surface area (Å²) in [6, 6.07) is 0. The molecule has 0 aromatic rings. The molecule has 190 valence electrons. The van der Waals surface area contributed by atoms with E-state index in [2.05, 4.69) is 6.58 Å². The molecule has 4 rings (SSSR count). The molecule has 0 amide bonds. The van der Waals surface area contributed by atoms with E-state index in [1.165, 1.54) is 20.8 Å². The number of allylic oxidation sites excluding steroid dienone is 2. The fourth-order valence-corrected chi connectivity index (χ4v) is 7.15. The van der Waals surface area contributed by atoms with Gasteiger partial charge in [0.1, 0.15) is 17.6 Å². The molecule has 1 unspecified atom stereocenters. The second-order valence-corrected chi connectivity index (χ2v) is 10.9. The third-order valence-electron chi connectivity index (χ3n) is 8.65. The molecule has 1 saturated heterocycles. The Bertz CT molecular complexity index is 1060. The Morgan fingerprint density at radius 1 is 1.00 bits per heavy atom. The normalized spacial score (nSPS) is 43.7. The maximum Gasteiger partial charge on any atom is 0.317 e. The first-order valence-electron chi connectivity index (χ1n) is 11.8. The Hall–Kier alpha value is -2.97. The molecule has 4 aliphatic rings. The van der Waals surface area contributed by atoms with Crippen molar-refractivity contribution in [2.24, 2.45) is 28.1 Å². The molecule has 2 saturated carbocycles. The summed E-state index contributed by atoms with van der Waals surface area (Å²) in [4.78, 5) is 63.2. The van der Waals surface area contributed by atoms with Crippen molar-refractivity contribution < 1.29 is 42.9 Å². The highest BCUT2D eigenvalue weighted by molar-refractivity contribution is 6.00. The monoisotopic (exact) mass is 488 g/mol. The number of ether oxygens (including phenoxy) is 4. The van der Waals surface area contributed by atoms with Gasteiger partial charge in [-0.1, -0.05) is 25.5 Å². The predicted molar refractivity (Wildman–Crippen MR) is 120 cm³/mol. The highest BCUT2D eigenvalue weighted by Crippen LogP contribution is 2.66. The van der Waals surface area contributed by atoms with Gasteiger partial charge in [-0.15, -0.1) is 6.58 Å². The summed E-state index contributed by atoms with van der Waals surface area (Å²) in [5.41, 5.74) is -2.36. The SMILES string of the molecule is C=C[C@]1(C)CC2=CC(=O)[C@@H]3[C@]4(C)C(=O)OC([C@H]4OC(C)=O)[C@@H](OC(C)=O)[C@@]3(C)[C@@H]2C[C@@H]1OC(C)=O. The highest BCUT2D eigenvalue weighted by Gasteiger charge is 2.78. The maximum absolute atomic E-state index is 13.8. The van der Waals surface area contributed by atoms with E-state index in [0.29, 0.717) is 12.8 Å². The van der Waals surface area contributed by atoms with Crippen molar-refractivity contribution in [3.05, 3.63) is 24.3 Å². The standard InChI is InChI=1S/C26H32O9/c1-8-24(5)11-15-9-17(30)20-25(6,16(15)10-18(24)32-12(2)27)21(33-13(3)28)19-22(34-14(4)29)26(20,7)23(31)35-19/h8-9,16,18-22H,1,10-11H2,2-7H3/t16-,18+,19?,20+,21-,22-,24-,25+,26+/m1/s1. The molecule has 9 heteroatoms. The second-order valence-electron chi connectivity index (χ2n) is 10.9. The molecule has 9 nitrogen and oxygen atoms in total. The fourth-order valence-electron chi connectivity index (χ4n) is 7.15. The molecule has 1 aliphatic heterocycles. The Balaban J connectivity index is 1.91. The zero-order valence-corrected chi connectivity index (χ0v) is 20.9. The molecule has 9 atom stereocenters. The van der Waals surface area contributed by atoms with Crippen molar-refractivity contribution in [2.45, 2.75) is 78.8 Å². The summed E-state index contributed by atoms with van der Waals surface area (Å²) in [7, 11) is 0. The van der Waals surface area contributed by atoms with Crippen LogP contribution in [0.3, 0.4) is 0 Å². The van der Waals surface area contributed by atoms with E-state index in [0.717, 1.165) is 5.57 Å². The second kappa shape index (κ2) is 8.03. The lowest BCUT2D eigenvalue weighted by Gasteiger charge is -2.60. The minimum atomic E-state index is -1.48. The number of ketones is 1. The number of carbonyl (C=O) groups excluding carboxylic acids is 5. The van der Waals surface area contributed by atoms with Crippen molar-refractivity contribution in [3.8, 4) is 0 Å². The van der Waals surface area contributed by atoms with Gasteiger partial charge in [-0.2, -0.15) is 0 Å². The fraction of sp³-hybridized carbons (Fsp3) is 0.654. The molecule has 0 radical (unpaired) electrons. The van der Waals surface area contributed by atoms with Gasteiger partial charge in [-0.05, 0) is 31.8 Å². The van der Waals surface area contributed by atoms with E-state index in [-0.39, 0.29) is 11.7 Å². The Morgan fingerprint density at radius 2 is 1.57 bits per heavy atom. The zero-order valence-electron chi connectivity index (χ0n) is 20.9. The van der Waals surface area contributed by atoms with Crippen molar-refractivity contribution in [1.29, 1.82) is 0 Å². The van der Waals surface area contributed by atoms with Crippen LogP contribution in [0.2, 0.25) is 0 Å². The van der Waals surface area contributed by atoms with E-state index in [9.17, 15) is 24.0 Å². The van der Waals surface area contributed by atoms with Gasteiger partial charge in [-0.25, -0.2) is 0 Å². The van der Waals surface area contributed by atoms with Crippen LogP contribution in [0, 0.1) is 28.1 Å². The third kappa shape index (κ3) is 3.45. The average Bonchev–Trinajstić information content (AvgIpc) is 2.92. The average molecular weight is 489 g/mol. The molecule has 0 aromatic heterocycles. The summed E-state index contributed by atoms with van der Waals surface area (Å²) >= 11 is 0. The first-order chi connectivity index (χ1) is 16.2. The van der Waals surface area contributed by atoms with Crippen molar-refractivity contribution in [3.63, 3.8) is 0 Å². The van der Waals surface area contributed by atoms with Crippen LogP contribution in [-0.4, -0.2) is 54.1 Å². The van der Waals surface area contributed by atoms with E-state index >= 15 is 0 Å². The van der Waals surface area contributed by atoms with Gasteiger partial charge < -0.3 is 18.9 Å². The van der Waals surface area contributed by atoms with Gasteiger partial charge in [0.05, 0.1) is 5.92 Å². The van der Waals surface area contributed by atoms with Crippen LogP contribution in [0.4, 0.5) is 0 Å². The summed E-state index contributed by atoms with van der Waals surface area (Å²) in [6.45, 7) is 13.0. The lowest BCUT2D eigenvalue weighted by atomic mass is 9.43. The number of fused-ring (bicyclic) bond motifs is 6. The van der Waals surface area contributed by atoms with E-state index < -0.39 is 70.5 Å². The summed E-state index contributed by atoms with van der Waals surface area (Å²) in [5, 5.41) is 0. The minimum absolute atomic E-state index is 0.315. The molecule has 0 spiro atoms. The quantitative estimate of drug-likeness (QED) is 0.334. The zero-order chi connectivity index (χ0) is 26.1. The molecule has 0 aromatic carbocycles. The number of hydrogen-bond donors (Lipinski definition) is 0. The number of carbonyl (C=O) groups is 5. The smallest absolute Gasteiger partial charge is 0.317 e. The predicted octanol–water partition coefficient (Wildman–Crippen LogP) is 2.46. The van der Waals surface area contributed by atoms with Gasteiger partial charge in [0.15, 0.2) is 18.0 Å². The molecule has 35 heavy (non-hydrogen) atoms. The minimum Gasteiger partial charge on any atom is -0.462 e. The Morgan fingerprint density at radius 3 is 2.11 bits per heavy atom. The van der Waals surface area contributed by atoms with Gasteiger partial charge in [0.25, 0.3) is 0 Å². The van der Waals surface area contributed by atoms with Crippen LogP contribution in [-0.2, 0) is 42.9 Å². The molecule has 3 aliphatic carbocycles. The Kier molecular flexibility index (Phi) is 5.77. The molecular formula is C26H32O9. The molecular weight excluding hydrogens is 456 g/mol. The maximum atomic E-state index is 13.8. The lowest BCUT2D eigenvalue weighted by molar-refractivity contribution is -0.220. The van der Waals surface area contributed by atoms with Crippen molar-refractivity contribution in [2.75, 3.05) is 0 Å². The van der Waals surface area contributed by atoms with Crippen molar-refractivity contribution in [1.82, 2.24) is 0 Å². The van der Waals surface area contributed by atoms with Crippen LogP contribution in [0.1, 0.15) is 54.4 Å². The summed E-state index contributed by atoms with van der Waals surface area (Å²) in [5.74, 6) is -4.04. The first-order valence-corrected chi connectivity index (χ1v) is 11.8. The Labute approximate surface area is 204 Å². The van der Waals surface area contributed by atoms with Gasteiger partial charge in [0.2, 0.25) is 0 Å². The van der Waals surface area contributed by atoms with Crippen LogP contribution in [0.25, 0.3) is 0 Å². The van der Waals surface area contributed by atoms with Crippen molar-refractivity contribution >= 4 is 29.7 Å². The topological polar surface area (TPSA) is 122 Å². The highest BCUT2D eigenvalue weighted by atomic mass is 16.6. The number of hydrogen-bond acceptors (Lipinski definition) is 9. The molecule has 1 heterocycles. The van der Waals surface area contributed by atoms with E-state index in [4.69, 9.17) is 18.9 Å². The third-order valence-corrected chi connectivity index (χ3v) is 8.65. The number of rotatable bonds is 4. The van der Waals surface area contributed by atoms with Crippen LogP contribution in [0.15, 0.2) is 24.3 Å². The molecule has 0 N–H and O–H groups in total. The van der Waals surface area contributed by atoms with Crippen LogP contribution in [0.5, 0.6) is 0 Å². The van der Waals surface area contributed by atoms with Crippen LogP contribution < -0.4 is 0 Å². The van der Waals surface area contributed by atoms with Gasteiger partial charge >= 0.3 is 23.9 Å². The summed E-state index contributed by atoms with van der Waals surface area (Å²) < 4.78 is 22.7. The largest absolute Gasteiger partial charge is 0.462 e.